The van der Waals surface area contributed by atoms with Crippen molar-refractivity contribution in [2.75, 3.05) is 24.3 Å². The van der Waals surface area contributed by atoms with Crippen LogP contribution in [0.1, 0.15) is 26.0 Å². The van der Waals surface area contributed by atoms with Crippen molar-refractivity contribution >= 4 is 67.2 Å². The van der Waals surface area contributed by atoms with Gasteiger partial charge in [-0.3, -0.25) is 4.79 Å². The summed E-state index contributed by atoms with van der Waals surface area (Å²) in [5, 5.41) is 4.34. The minimum atomic E-state index is -0.549. The van der Waals surface area contributed by atoms with Crippen LogP contribution < -0.4 is 5.32 Å². The number of anilines is 2. The maximum absolute atomic E-state index is 12.7. The normalized spacial score (nSPS) is 14.7. The number of nitrogens with zero attached hydrogens (tertiary/aromatic N) is 4. The lowest BCUT2D eigenvalue weighted by atomic mass is 9.93. The van der Waals surface area contributed by atoms with Crippen molar-refractivity contribution in [3.63, 3.8) is 0 Å². The highest BCUT2D eigenvalue weighted by molar-refractivity contribution is 7.16. The number of benzene rings is 1. The molecule has 0 saturated carbocycles. The van der Waals surface area contributed by atoms with E-state index in [2.05, 4.69) is 43.5 Å². The van der Waals surface area contributed by atoms with Gasteiger partial charge in [0.2, 0.25) is 5.91 Å². The van der Waals surface area contributed by atoms with Gasteiger partial charge in [0.15, 0.2) is 0 Å². The number of thiazole rings is 1. The molecule has 1 aromatic carbocycles. The summed E-state index contributed by atoms with van der Waals surface area (Å²) in [4.78, 5) is 31.2. The smallest absolute Gasteiger partial charge is 0.229 e. The lowest BCUT2D eigenvalue weighted by Crippen LogP contribution is -2.43. The van der Waals surface area contributed by atoms with Gasteiger partial charge in [-0.25, -0.2) is 15.0 Å². The lowest BCUT2D eigenvalue weighted by molar-refractivity contribution is -0.138. The molecule has 0 unspecified atom stereocenters. The van der Waals surface area contributed by atoms with E-state index in [1.807, 2.05) is 36.4 Å². The Morgan fingerprint density at radius 3 is 2.94 bits per heavy atom. The number of aromatic nitrogens is 4. The maximum Gasteiger partial charge on any atom is 0.229 e. The molecule has 3 aromatic heterocycles. The highest BCUT2D eigenvalue weighted by atomic mass is 35.5. The van der Waals surface area contributed by atoms with Crippen molar-refractivity contribution in [3.05, 3.63) is 47.9 Å². The predicted octanol–water partition coefficient (Wildman–Crippen LogP) is 5.19. The molecular formula is C23H23ClN6OS. The Bertz CT molecular complexity index is 1340. The molecule has 0 aliphatic carbocycles. The monoisotopic (exact) mass is 466 g/mol. The number of amides is 1. The van der Waals surface area contributed by atoms with Gasteiger partial charge in [0.25, 0.3) is 0 Å². The van der Waals surface area contributed by atoms with Gasteiger partial charge < -0.3 is 15.2 Å². The standard InChI is InChI=1S/C23H23ClN6OS/c1-23(2,11-24)22(31)30-7-5-14(6-8-30)18-10-16-20(25-12-26-21(16)29-18)28-15-3-4-17-19(9-15)32-13-27-17/h3-5,9-10,12-13H,6-8,11H2,1-2H3,(H2,25,26,28,29). The van der Waals surface area contributed by atoms with Crippen LogP contribution in [0.25, 0.3) is 26.8 Å². The van der Waals surface area contributed by atoms with Crippen LogP contribution in [0, 0.1) is 5.41 Å². The van der Waals surface area contributed by atoms with Crippen LogP contribution in [-0.4, -0.2) is 49.7 Å². The van der Waals surface area contributed by atoms with Gasteiger partial charge in [-0.15, -0.1) is 22.9 Å². The van der Waals surface area contributed by atoms with Crippen molar-refractivity contribution in [1.82, 2.24) is 24.8 Å². The van der Waals surface area contributed by atoms with Crippen LogP contribution in [-0.2, 0) is 4.79 Å². The predicted molar refractivity (Wildman–Crippen MR) is 130 cm³/mol. The average molecular weight is 467 g/mol. The summed E-state index contributed by atoms with van der Waals surface area (Å²) in [5.74, 6) is 1.15. The molecule has 0 spiro atoms. The van der Waals surface area contributed by atoms with Crippen LogP contribution in [0.3, 0.4) is 0 Å². The number of rotatable bonds is 5. The second-order valence-corrected chi connectivity index (χ2v) is 9.73. The number of alkyl halides is 1. The first kappa shape index (κ1) is 20.9. The van der Waals surface area contributed by atoms with Gasteiger partial charge >= 0.3 is 0 Å². The van der Waals surface area contributed by atoms with Gasteiger partial charge in [0, 0.05) is 30.4 Å². The summed E-state index contributed by atoms with van der Waals surface area (Å²) in [6.45, 7) is 5.03. The van der Waals surface area contributed by atoms with Gasteiger partial charge in [0.1, 0.15) is 17.8 Å². The number of fused-ring (bicyclic) bond motifs is 2. The van der Waals surface area contributed by atoms with Crippen LogP contribution >= 0.6 is 22.9 Å². The van der Waals surface area contributed by atoms with E-state index >= 15 is 0 Å². The molecule has 7 nitrogen and oxygen atoms in total. The Kier molecular flexibility index (Phi) is 5.35. The molecule has 0 atom stereocenters. The number of H-pyrrole nitrogens is 1. The van der Waals surface area contributed by atoms with E-state index in [4.69, 9.17) is 11.6 Å². The minimum absolute atomic E-state index is 0.0923. The molecule has 1 amide bonds. The average Bonchev–Trinajstić information content (AvgIpc) is 3.46. The molecule has 0 bridgehead atoms. The first-order chi connectivity index (χ1) is 15.4. The Morgan fingerprint density at radius 1 is 1.28 bits per heavy atom. The number of hydrogen-bond acceptors (Lipinski definition) is 6. The molecule has 0 radical (unpaired) electrons. The van der Waals surface area contributed by atoms with E-state index in [1.165, 1.54) is 5.57 Å². The largest absolute Gasteiger partial charge is 0.340 e. The summed E-state index contributed by atoms with van der Waals surface area (Å²) in [6.07, 6.45) is 4.43. The second-order valence-electron chi connectivity index (χ2n) is 8.58. The molecule has 4 heterocycles. The molecule has 32 heavy (non-hydrogen) atoms. The zero-order valence-corrected chi connectivity index (χ0v) is 19.4. The van der Waals surface area contributed by atoms with E-state index in [1.54, 1.807) is 17.7 Å². The van der Waals surface area contributed by atoms with Crippen molar-refractivity contribution in [2.45, 2.75) is 20.3 Å². The molecule has 1 aliphatic heterocycles. The van der Waals surface area contributed by atoms with Gasteiger partial charge in [-0.05, 0) is 50.1 Å². The Morgan fingerprint density at radius 2 is 2.16 bits per heavy atom. The zero-order chi connectivity index (χ0) is 22.3. The number of aromatic amines is 1. The van der Waals surface area contributed by atoms with Crippen molar-refractivity contribution < 1.29 is 4.79 Å². The molecule has 9 heteroatoms. The van der Waals surface area contributed by atoms with Gasteiger partial charge in [-0.1, -0.05) is 6.08 Å². The van der Waals surface area contributed by atoms with Crippen LogP contribution in [0.4, 0.5) is 11.5 Å². The van der Waals surface area contributed by atoms with E-state index in [9.17, 15) is 4.79 Å². The molecule has 5 rings (SSSR count). The molecule has 0 fully saturated rings. The number of carbonyl (C=O) groups excluding carboxylic acids is 1. The van der Waals surface area contributed by atoms with E-state index in [-0.39, 0.29) is 5.91 Å². The maximum atomic E-state index is 12.7. The molecule has 0 saturated heterocycles. The van der Waals surface area contributed by atoms with Crippen LogP contribution in [0.2, 0.25) is 0 Å². The molecular weight excluding hydrogens is 444 g/mol. The SMILES string of the molecule is CC(C)(CCl)C(=O)N1CC=C(c2cc3c(Nc4ccc5ncsc5c4)ncnc3[nH]2)CC1. The topological polar surface area (TPSA) is 86.8 Å². The number of halogens is 1. The second kappa shape index (κ2) is 8.18. The summed E-state index contributed by atoms with van der Waals surface area (Å²) in [6, 6.07) is 8.16. The zero-order valence-electron chi connectivity index (χ0n) is 17.9. The van der Waals surface area contributed by atoms with Gasteiger partial charge in [0.05, 0.1) is 26.5 Å². The summed E-state index contributed by atoms with van der Waals surface area (Å²) in [7, 11) is 0. The lowest BCUT2D eigenvalue weighted by Gasteiger charge is -2.32. The van der Waals surface area contributed by atoms with Crippen LogP contribution in [0.15, 0.2) is 42.2 Å². The third-order valence-corrected chi connectivity index (χ3v) is 7.23. The van der Waals surface area contributed by atoms with Gasteiger partial charge in [-0.2, -0.15) is 0 Å². The third-order valence-electron chi connectivity index (χ3n) is 5.77. The summed E-state index contributed by atoms with van der Waals surface area (Å²) >= 11 is 7.59. The Labute approximate surface area is 194 Å². The number of carbonyl (C=O) groups is 1. The first-order valence-electron chi connectivity index (χ1n) is 10.4. The van der Waals surface area contributed by atoms with Crippen molar-refractivity contribution in [2.24, 2.45) is 5.41 Å². The number of nitrogens with one attached hydrogen (secondary N) is 2. The molecule has 164 valence electrons. The summed E-state index contributed by atoms with van der Waals surface area (Å²) < 4.78 is 1.12. The fraction of sp³-hybridized carbons (Fsp3) is 0.304. The Hall–Kier alpha value is -2.97. The Balaban J connectivity index is 1.39. The minimum Gasteiger partial charge on any atom is -0.340 e. The molecule has 1 aliphatic rings. The van der Waals surface area contributed by atoms with Crippen LogP contribution in [0.5, 0.6) is 0 Å². The van der Waals surface area contributed by atoms with E-state index in [0.717, 1.165) is 44.9 Å². The van der Waals surface area contributed by atoms with Crippen molar-refractivity contribution in [3.8, 4) is 0 Å². The molecule has 4 aromatic rings. The van der Waals surface area contributed by atoms with E-state index in [0.29, 0.717) is 19.0 Å². The highest BCUT2D eigenvalue weighted by Crippen LogP contribution is 2.31. The van der Waals surface area contributed by atoms with Crippen molar-refractivity contribution in [1.29, 1.82) is 0 Å². The molecule has 2 N–H and O–H groups in total. The fourth-order valence-corrected chi connectivity index (χ4v) is 4.70. The van der Waals surface area contributed by atoms with E-state index < -0.39 is 5.41 Å². The third kappa shape index (κ3) is 3.84. The summed E-state index contributed by atoms with van der Waals surface area (Å²) in [5.41, 5.74) is 6.20. The highest BCUT2D eigenvalue weighted by Gasteiger charge is 2.32. The number of hydrogen-bond donors (Lipinski definition) is 2. The fourth-order valence-electron chi connectivity index (χ4n) is 3.87. The first-order valence-corrected chi connectivity index (χ1v) is 11.8. The quantitative estimate of drug-likeness (QED) is 0.395.